The first-order chi connectivity index (χ1) is 8.76. The smallest absolute Gasteiger partial charge is 0.229 e. The molecule has 3 rings (SSSR count). The Labute approximate surface area is 115 Å². The number of rotatable bonds is 4. The Morgan fingerprint density at radius 2 is 2.33 bits per heavy atom. The highest BCUT2D eigenvalue weighted by molar-refractivity contribution is 8.01. The monoisotopic (exact) mass is 283 g/mol. The van der Waals surface area contributed by atoms with Gasteiger partial charge in [0.05, 0.1) is 0 Å². The Morgan fingerprint density at radius 3 is 3.00 bits per heavy atom. The molecule has 2 saturated carbocycles. The van der Waals surface area contributed by atoms with Crippen LogP contribution in [0.25, 0.3) is 0 Å². The lowest BCUT2D eigenvalue weighted by Gasteiger charge is -2.19. The molecule has 1 N–H and O–H groups in total. The molecule has 6 heteroatoms. The maximum Gasteiger partial charge on any atom is 0.229 e. The number of thioether (sulfide) groups is 1. The van der Waals surface area contributed by atoms with Gasteiger partial charge in [-0.05, 0) is 36.9 Å². The van der Waals surface area contributed by atoms with Gasteiger partial charge in [-0.2, -0.15) is 0 Å². The zero-order valence-electron chi connectivity index (χ0n) is 10.4. The summed E-state index contributed by atoms with van der Waals surface area (Å²) in [5.74, 6) is 2.77. The minimum absolute atomic E-state index is 0.159. The topological polar surface area (TPSA) is 54.9 Å². The SMILES string of the molecule is CCSc1nnc(NC(=O)C2CC3CCC2C3)s1. The Kier molecular flexibility index (Phi) is 3.56. The molecule has 98 valence electrons. The molecule has 3 atom stereocenters. The van der Waals surface area contributed by atoms with Crippen LogP contribution in [0.4, 0.5) is 5.13 Å². The molecular weight excluding hydrogens is 266 g/mol. The Bertz CT molecular complexity index is 448. The number of nitrogens with one attached hydrogen (secondary N) is 1. The van der Waals surface area contributed by atoms with Crippen LogP contribution < -0.4 is 5.32 Å². The van der Waals surface area contributed by atoms with Gasteiger partial charge in [-0.1, -0.05) is 36.4 Å². The van der Waals surface area contributed by atoms with Gasteiger partial charge in [0, 0.05) is 5.92 Å². The number of fused-ring (bicyclic) bond motifs is 2. The lowest BCUT2D eigenvalue weighted by molar-refractivity contribution is -0.121. The van der Waals surface area contributed by atoms with Gasteiger partial charge >= 0.3 is 0 Å². The van der Waals surface area contributed by atoms with Crippen molar-refractivity contribution in [3.8, 4) is 0 Å². The maximum absolute atomic E-state index is 12.2. The van der Waals surface area contributed by atoms with Crippen LogP contribution in [0.5, 0.6) is 0 Å². The molecule has 2 aliphatic carbocycles. The molecule has 0 aliphatic heterocycles. The second kappa shape index (κ2) is 5.17. The minimum Gasteiger partial charge on any atom is -0.300 e. The molecule has 0 saturated heterocycles. The molecule has 1 heterocycles. The van der Waals surface area contributed by atoms with Crippen molar-refractivity contribution in [3.63, 3.8) is 0 Å². The summed E-state index contributed by atoms with van der Waals surface area (Å²) in [6.45, 7) is 2.08. The summed E-state index contributed by atoms with van der Waals surface area (Å²) in [7, 11) is 0. The summed E-state index contributed by atoms with van der Waals surface area (Å²) >= 11 is 3.13. The Balaban J connectivity index is 1.60. The minimum atomic E-state index is 0.159. The van der Waals surface area contributed by atoms with Gasteiger partial charge < -0.3 is 5.32 Å². The molecule has 0 radical (unpaired) electrons. The van der Waals surface area contributed by atoms with E-state index in [0.717, 1.165) is 22.4 Å². The van der Waals surface area contributed by atoms with Crippen LogP contribution in [0.15, 0.2) is 4.34 Å². The maximum atomic E-state index is 12.2. The number of amides is 1. The van der Waals surface area contributed by atoms with Crippen LogP contribution in [0, 0.1) is 17.8 Å². The molecule has 1 aromatic heterocycles. The first-order valence-electron chi connectivity index (χ1n) is 6.53. The van der Waals surface area contributed by atoms with Crippen molar-refractivity contribution in [1.29, 1.82) is 0 Å². The van der Waals surface area contributed by atoms with Gasteiger partial charge in [0.2, 0.25) is 11.0 Å². The van der Waals surface area contributed by atoms with Crippen LogP contribution in [-0.4, -0.2) is 21.9 Å². The van der Waals surface area contributed by atoms with E-state index in [9.17, 15) is 4.79 Å². The molecular formula is C12H17N3OS2. The van der Waals surface area contributed by atoms with Gasteiger partial charge in [0.25, 0.3) is 0 Å². The van der Waals surface area contributed by atoms with E-state index >= 15 is 0 Å². The molecule has 1 amide bonds. The van der Waals surface area contributed by atoms with Crippen molar-refractivity contribution in [2.45, 2.75) is 36.9 Å². The first kappa shape index (κ1) is 12.4. The summed E-state index contributed by atoms with van der Waals surface area (Å²) < 4.78 is 0.931. The molecule has 1 aromatic rings. The van der Waals surface area contributed by atoms with Crippen molar-refractivity contribution < 1.29 is 4.79 Å². The summed E-state index contributed by atoms with van der Waals surface area (Å²) in [6.07, 6.45) is 4.89. The van der Waals surface area contributed by atoms with Gasteiger partial charge in [-0.15, -0.1) is 10.2 Å². The highest BCUT2D eigenvalue weighted by Gasteiger charge is 2.43. The third-order valence-electron chi connectivity index (χ3n) is 3.98. The predicted octanol–water partition coefficient (Wildman–Crippen LogP) is 3.02. The van der Waals surface area contributed by atoms with E-state index in [0.29, 0.717) is 11.0 Å². The third-order valence-corrected chi connectivity index (χ3v) is 5.83. The fourth-order valence-corrected chi connectivity index (χ4v) is 4.86. The van der Waals surface area contributed by atoms with Crippen molar-refractivity contribution in [2.75, 3.05) is 11.1 Å². The third kappa shape index (κ3) is 2.40. The zero-order chi connectivity index (χ0) is 12.5. The number of anilines is 1. The predicted molar refractivity (Wildman–Crippen MR) is 73.9 cm³/mol. The van der Waals surface area contributed by atoms with Gasteiger partial charge in [-0.25, -0.2) is 0 Å². The van der Waals surface area contributed by atoms with Crippen LogP contribution in [0.2, 0.25) is 0 Å². The van der Waals surface area contributed by atoms with Gasteiger partial charge in [0.15, 0.2) is 4.34 Å². The van der Waals surface area contributed by atoms with Crippen LogP contribution >= 0.6 is 23.1 Å². The molecule has 18 heavy (non-hydrogen) atoms. The standard InChI is InChI=1S/C12H17N3OS2/c1-2-17-12-15-14-11(18-12)13-10(16)9-6-7-3-4-8(9)5-7/h7-9H,2-6H2,1H3,(H,13,14,16). The van der Waals surface area contributed by atoms with E-state index < -0.39 is 0 Å². The lowest BCUT2D eigenvalue weighted by Crippen LogP contribution is -2.27. The summed E-state index contributed by atoms with van der Waals surface area (Å²) in [5, 5.41) is 11.7. The summed E-state index contributed by atoms with van der Waals surface area (Å²) in [6, 6.07) is 0. The van der Waals surface area contributed by atoms with Crippen molar-refractivity contribution in [3.05, 3.63) is 0 Å². The average Bonchev–Trinajstić information content (AvgIpc) is 3.05. The van der Waals surface area contributed by atoms with E-state index in [4.69, 9.17) is 0 Å². The van der Waals surface area contributed by atoms with Crippen molar-refractivity contribution in [2.24, 2.45) is 17.8 Å². The fourth-order valence-electron chi connectivity index (χ4n) is 3.21. The largest absolute Gasteiger partial charge is 0.300 e. The number of hydrogen-bond donors (Lipinski definition) is 1. The average molecular weight is 283 g/mol. The fraction of sp³-hybridized carbons (Fsp3) is 0.750. The van der Waals surface area contributed by atoms with E-state index in [-0.39, 0.29) is 11.8 Å². The quantitative estimate of drug-likeness (QED) is 0.681. The summed E-state index contributed by atoms with van der Waals surface area (Å²) in [4.78, 5) is 12.2. The van der Waals surface area contributed by atoms with Crippen LogP contribution in [0.3, 0.4) is 0 Å². The van der Waals surface area contributed by atoms with Crippen LogP contribution in [0.1, 0.15) is 32.6 Å². The molecule has 2 bridgehead atoms. The summed E-state index contributed by atoms with van der Waals surface area (Å²) in [5.41, 5.74) is 0. The van der Waals surface area contributed by atoms with E-state index in [1.807, 2.05) is 0 Å². The highest BCUT2D eigenvalue weighted by atomic mass is 32.2. The lowest BCUT2D eigenvalue weighted by atomic mass is 9.88. The van der Waals surface area contributed by atoms with E-state index in [1.54, 1.807) is 11.8 Å². The first-order valence-corrected chi connectivity index (χ1v) is 8.33. The molecule has 2 aliphatic rings. The van der Waals surface area contributed by atoms with E-state index in [2.05, 4.69) is 22.4 Å². The second-order valence-corrected chi connectivity index (χ2v) is 7.57. The number of carbonyl (C=O) groups is 1. The zero-order valence-corrected chi connectivity index (χ0v) is 12.0. The van der Waals surface area contributed by atoms with Crippen molar-refractivity contribution >= 4 is 34.1 Å². The number of hydrogen-bond acceptors (Lipinski definition) is 5. The Hall–Kier alpha value is -0.620. The number of aromatic nitrogens is 2. The number of carbonyl (C=O) groups excluding carboxylic acids is 1. The van der Waals surface area contributed by atoms with Crippen LogP contribution in [-0.2, 0) is 4.79 Å². The Morgan fingerprint density at radius 1 is 1.44 bits per heavy atom. The highest BCUT2D eigenvalue weighted by Crippen LogP contribution is 2.48. The molecule has 4 nitrogen and oxygen atoms in total. The molecule has 0 spiro atoms. The second-order valence-electron chi connectivity index (χ2n) is 5.08. The number of nitrogens with zero attached hydrogens (tertiary/aromatic N) is 2. The molecule has 3 unspecified atom stereocenters. The molecule has 0 aromatic carbocycles. The van der Waals surface area contributed by atoms with E-state index in [1.165, 1.54) is 30.6 Å². The van der Waals surface area contributed by atoms with Crippen molar-refractivity contribution in [1.82, 2.24) is 10.2 Å². The van der Waals surface area contributed by atoms with Gasteiger partial charge in [0.1, 0.15) is 0 Å². The van der Waals surface area contributed by atoms with Gasteiger partial charge in [-0.3, -0.25) is 4.79 Å². The molecule has 2 fully saturated rings. The normalized spacial score (nSPS) is 29.7.